The monoisotopic (exact) mass is 609 g/mol. The summed E-state index contributed by atoms with van der Waals surface area (Å²) in [4.78, 5) is 66.2. The Morgan fingerprint density at radius 3 is 2.35 bits per heavy atom. The molecule has 0 bridgehead atoms. The number of carbonyl (C=O) groups is 5. The van der Waals surface area contributed by atoms with Crippen molar-refractivity contribution in [1.29, 1.82) is 0 Å². The molecular weight excluding hydrogens is 571 g/mol. The quantitative estimate of drug-likeness (QED) is 0.406. The normalized spacial score (nSPS) is 24.8. The maximum Gasteiger partial charge on any atom is 0.471 e. The molecule has 1 saturated carbocycles. The third-order valence-electron chi connectivity index (χ3n) is 8.33. The van der Waals surface area contributed by atoms with E-state index in [1.165, 1.54) is 4.90 Å². The van der Waals surface area contributed by atoms with Crippen molar-refractivity contribution in [3.05, 3.63) is 35.9 Å². The molecule has 3 fully saturated rings. The van der Waals surface area contributed by atoms with Crippen molar-refractivity contribution < 1.29 is 41.9 Å². The second-order valence-electron chi connectivity index (χ2n) is 12.9. The van der Waals surface area contributed by atoms with Gasteiger partial charge in [0.15, 0.2) is 0 Å². The highest BCUT2D eigenvalue weighted by molar-refractivity contribution is 5.95. The van der Waals surface area contributed by atoms with Gasteiger partial charge in [0.1, 0.15) is 17.7 Å². The summed E-state index contributed by atoms with van der Waals surface area (Å²) in [5, 5.41) is 5.41. The molecule has 5 atom stereocenters. The predicted octanol–water partition coefficient (Wildman–Crippen LogP) is 2.16. The van der Waals surface area contributed by atoms with Crippen LogP contribution in [-0.4, -0.2) is 83.1 Å². The third-order valence-corrected chi connectivity index (χ3v) is 8.33. The molecule has 0 aromatic heterocycles. The van der Waals surface area contributed by atoms with Gasteiger partial charge in [-0.1, -0.05) is 44.2 Å². The molecule has 3 aliphatic rings. The van der Waals surface area contributed by atoms with E-state index in [1.54, 1.807) is 51.1 Å². The van der Waals surface area contributed by atoms with Gasteiger partial charge in [0, 0.05) is 19.5 Å². The largest absolute Gasteiger partial charge is 0.471 e. The van der Waals surface area contributed by atoms with Crippen LogP contribution in [0.5, 0.6) is 0 Å². The second-order valence-corrected chi connectivity index (χ2v) is 12.9. The molecule has 11 nitrogen and oxygen atoms in total. The van der Waals surface area contributed by atoms with Crippen LogP contribution in [0.1, 0.15) is 46.6 Å². The summed E-state index contributed by atoms with van der Waals surface area (Å²) in [7, 11) is 0. The molecule has 1 unspecified atom stereocenters. The Hall–Kier alpha value is -3.84. The van der Waals surface area contributed by atoms with E-state index in [2.05, 4.69) is 10.7 Å². The fourth-order valence-corrected chi connectivity index (χ4v) is 6.02. The zero-order valence-corrected chi connectivity index (χ0v) is 24.8. The fourth-order valence-electron chi connectivity index (χ4n) is 6.02. The van der Waals surface area contributed by atoms with Gasteiger partial charge in [-0.3, -0.25) is 24.6 Å². The van der Waals surface area contributed by atoms with Crippen LogP contribution >= 0.6 is 0 Å². The van der Waals surface area contributed by atoms with E-state index in [0.717, 1.165) is 5.01 Å². The van der Waals surface area contributed by atoms with Crippen LogP contribution in [0.4, 0.5) is 18.0 Å². The number of carbonyl (C=O) groups excluding carboxylic acids is 5. The van der Waals surface area contributed by atoms with Gasteiger partial charge in [0.2, 0.25) is 11.8 Å². The number of halogens is 3. The summed E-state index contributed by atoms with van der Waals surface area (Å²) in [5.74, 6) is -5.21. The molecule has 1 aliphatic carbocycles. The van der Waals surface area contributed by atoms with Gasteiger partial charge >= 0.3 is 18.2 Å². The van der Waals surface area contributed by atoms with Crippen molar-refractivity contribution in [2.24, 2.45) is 23.2 Å². The smallest absolute Gasteiger partial charge is 0.442 e. The SMILES string of the molecule is CC(C)(C)OC(=O)N(C[C@@H]1CCNC1=O)NC(=O)[C@@H]1[C@@H]2[C@H](CN1C(=O)C(Cc1ccccc1)NC(=O)C(F)(F)F)C2(C)C. The number of amides is 5. The maximum atomic E-state index is 13.9. The Labute approximate surface area is 247 Å². The number of benzene rings is 1. The number of piperidine rings is 1. The van der Waals surface area contributed by atoms with Gasteiger partial charge in [-0.25, -0.2) is 9.80 Å². The minimum atomic E-state index is -5.22. The Balaban J connectivity index is 1.60. The molecule has 1 aromatic carbocycles. The van der Waals surface area contributed by atoms with Crippen LogP contribution < -0.4 is 16.1 Å². The zero-order chi connectivity index (χ0) is 31.9. The number of nitrogens with zero attached hydrogens (tertiary/aromatic N) is 2. The second kappa shape index (κ2) is 11.7. The van der Waals surface area contributed by atoms with Gasteiger partial charge in [-0.15, -0.1) is 0 Å². The minimum Gasteiger partial charge on any atom is -0.442 e. The molecule has 236 valence electrons. The molecule has 4 rings (SSSR count). The highest BCUT2D eigenvalue weighted by atomic mass is 19.4. The van der Waals surface area contributed by atoms with E-state index in [-0.39, 0.29) is 42.7 Å². The van der Waals surface area contributed by atoms with Crippen LogP contribution in [0.25, 0.3) is 0 Å². The number of hydrazine groups is 1. The van der Waals surface area contributed by atoms with Crippen molar-refractivity contribution in [1.82, 2.24) is 26.0 Å². The van der Waals surface area contributed by atoms with Crippen LogP contribution in [0.3, 0.4) is 0 Å². The molecule has 3 N–H and O–H groups in total. The molecule has 0 radical (unpaired) electrons. The van der Waals surface area contributed by atoms with Crippen molar-refractivity contribution in [2.45, 2.75) is 71.3 Å². The van der Waals surface area contributed by atoms with Gasteiger partial charge < -0.3 is 20.3 Å². The maximum absolute atomic E-state index is 13.9. The molecule has 1 aromatic rings. The number of alkyl halides is 3. The van der Waals surface area contributed by atoms with E-state index in [1.807, 2.05) is 19.2 Å². The lowest BCUT2D eigenvalue weighted by molar-refractivity contribution is -0.175. The molecule has 5 amide bonds. The first-order chi connectivity index (χ1) is 19.9. The molecular formula is C29H38F3N5O6. The number of ether oxygens (including phenoxy) is 1. The molecule has 14 heteroatoms. The lowest BCUT2D eigenvalue weighted by Crippen LogP contribution is -2.60. The van der Waals surface area contributed by atoms with Crippen LogP contribution in [0.2, 0.25) is 0 Å². The zero-order valence-electron chi connectivity index (χ0n) is 24.8. The number of likely N-dealkylation sites (tertiary alicyclic amines) is 1. The number of fused-ring (bicyclic) bond motifs is 1. The Kier molecular flexibility index (Phi) is 8.72. The van der Waals surface area contributed by atoms with E-state index in [4.69, 9.17) is 4.74 Å². The number of hydrogen-bond donors (Lipinski definition) is 3. The van der Waals surface area contributed by atoms with E-state index in [0.29, 0.717) is 18.5 Å². The first-order valence-electron chi connectivity index (χ1n) is 14.2. The van der Waals surface area contributed by atoms with E-state index >= 15 is 0 Å². The molecule has 2 heterocycles. The average molecular weight is 610 g/mol. The number of nitrogens with one attached hydrogen (secondary N) is 3. The van der Waals surface area contributed by atoms with Crippen LogP contribution in [-0.2, 0) is 30.3 Å². The van der Waals surface area contributed by atoms with Crippen LogP contribution in [0, 0.1) is 23.2 Å². The minimum absolute atomic E-state index is 0.0826. The van der Waals surface area contributed by atoms with Gasteiger partial charge in [-0.05, 0) is 50.0 Å². The summed E-state index contributed by atoms with van der Waals surface area (Å²) < 4.78 is 45.1. The van der Waals surface area contributed by atoms with Gasteiger partial charge in [0.25, 0.3) is 5.91 Å². The van der Waals surface area contributed by atoms with Crippen molar-refractivity contribution in [2.75, 3.05) is 19.6 Å². The Morgan fingerprint density at radius 1 is 1.14 bits per heavy atom. The summed E-state index contributed by atoms with van der Waals surface area (Å²) >= 11 is 0. The van der Waals surface area contributed by atoms with Crippen molar-refractivity contribution >= 4 is 29.7 Å². The fraction of sp³-hybridized carbons (Fsp3) is 0.621. The lowest BCUT2D eigenvalue weighted by atomic mass is 9.98. The van der Waals surface area contributed by atoms with Crippen LogP contribution in [0.15, 0.2) is 30.3 Å². The standard InChI is InChI=1S/C29H38F3N5O6/c1-27(2,3)43-26(42)37(14-17-11-12-33-22(17)38)35-23(39)21-20-18(28(20,4)5)15-36(21)24(40)19(34-25(41)29(30,31)32)13-16-9-7-6-8-10-16/h6-10,17-21H,11-15H2,1-5H3,(H,33,38)(H,34,41)(H,35,39)/t17-,18-,19?,20-,21-/m0/s1. The summed E-state index contributed by atoms with van der Waals surface area (Å²) in [6, 6.07) is 5.51. The summed E-state index contributed by atoms with van der Waals surface area (Å²) in [6.45, 7) is 9.09. The van der Waals surface area contributed by atoms with Gasteiger partial charge in [-0.2, -0.15) is 13.2 Å². The topological polar surface area (TPSA) is 137 Å². The lowest BCUT2D eigenvalue weighted by Gasteiger charge is -2.35. The summed E-state index contributed by atoms with van der Waals surface area (Å²) in [6.07, 6.45) is -5.92. The first-order valence-corrected chi connectivity index (χ1v) is 14.2. The third kappa shape index (κ3) is 7.21. The molecule has 43 heavy (non-hydrogen) atoms. The number of rotatable bonds is 7. The molecule has 2 aliphatic heterocycles. The van der Waals surface area contributed by atoms with E-state index < -0.39 is 53.6 Å². The van der Waals surface area contributed by atoms with E-state index in [9.17, 15) is 37.1 Å². The molecule has 0 spiro atoms. The average Bonchev–Trinajstić information content (AvgIpc) is 3.24. The summed E-state index contributed by atoms with van der Waals surface area (Å²) in [5.41, 5.74) is 1.78. The highest BCUT2D eigenvalue weighted by Gasteiger charge is 2.69. The Bertz CT molecular complexity index is 1270. The highest BCUT2D eigenvalue weighted by Crippen LogP contribution is 2.65. The number of hydrogen-bond acceptors (Lipinski definition) is 6. The first kappa shape index (κ1) is 32.1. The van der Waals surface area contributed by atoms with Crippen molar-refractivity contribution in [3.63, 3.8) is 0 Å². The van der Waals surface area contributed by atoms with Crippen molar-refractivity contribution in [3.8, 4) is 0 Å². The molecule has 2 saturated heterocycles. The Morgan fingerprint density at radius 2 is 1.79 bits per heavy atom. The van der Waals surface area contributed by atoms with Gasteiger partial charge in [0.05, 0.1) is 12.5 Å². The predicted molar refractivity (Wildman–Crippen MR) is 147 cm³/mol.